The van der Waals surface area contributed by atoms with Crippen molar-refractivity contribution in [1.29, 1.82) is 0 Å². The maximum absolute atomic E-state index is 5.45. The number of fused-ring (bicyclic) bond motifs is 2. The average molecular weight is 404 g/mol. The van der Waals surface area contributed by atoms with E-state index >= 15 is 0 Å². The van der Waals surface area contributed by atoms with Crippen molar-refractivity contribution in [3.8, 4) is 11.1 Å². The summed E-state index contributed by atoms with van der Waals surface area (Å²) in [6.07, 6.45) is 11.9. The maximum Gasteiger partial charge on any atom is 0.241 e. The summed E-state index contributed by atoms with van der Waals surface area (Å²) in [5.74, 6) is 1.38. The van der Waals surface area contributed by atoms with Crippen LogP contribution in [0.2, 0.25) is 0 Å². The molecule has 154 valence electrons. The van der Waals surface area contributed by atoms with E-state index in [0.29, 0.717) is 23.8 Å². The van der Waals surface area contributed by atoms with Crippen molar-refractivity contribution in [2.75, 3.05) is 31.6 Å². The van der Waals surface area contributed by atoms with Crippen LogP contribution in [0.4, 0.5) is 5.95 Å². The van der Waals surface area contributed by atoms with Crippen molar-refractivity contribution >= 4 is 17.2 Å². The summed E-state index contributed by atoms with van der Waals surface area (Å²) in [6.45, 7) is 5.82. The molecule has 4 aromatic heterocycles. The number of ether oxygens (including phenoxy) is 1. The molecule has 1 saturated heterocycles. The maximum atomic E-state index is 5.45. The zero-order chi connectivity index (χ0) is 20.1. The molecule has 2 fully saturated rings. The van der Waals surface area contributed by atoms with E-state index in [4.69, 9.17) is 4.74 Å². The minimum absolute atomic E-state index is 0.432. The molecular weight excluding hydrogens is 380 g/mol. The Morgan fingerprint density at radius 1 is 1.07 bits per heavy atom. The first-order valence-electron chi connectivity index (χ1n) is 10.5. The summed E-state index contributed by atoms with van der Waals surface area (Å²) in [7, 11) is 0. The Morgan fingerprint density at radius 2 is 1.90 bits per heavy atom. The number of anilines is 1. The van der Waals surface area contributed by atoms with Crippen LogP contribution in [0, 0.1) is 6.92 Å². The smallest absolute Gasteiger partial charge is 0.241 e. The third-order valence-corrected chi connectivity index (χ3v) is 6.29. The van der Waals surface area contributed by atoms with Gasteiger partial charge >= 0.3 is 0 Å². The van der Waals surface area contributed by atoms with E-state index in [1.165, 1.54) is 0 Å². The molecular formula is C21H24N8O. The van der Waals surface area contributed by atoms with Crippen molar-refractivity contribution in [2.24, 2.45) is 0 Å². The van der Waals surface area contributed by atoms with E-state index in [2.05, 4.69) is 42.5 Å². The van der Waals surface area contributed by atoms with Gasteiger partial charge in [-0.15, -0.1) is 5.10 Å². The molecule has 0 spiro atoms. The highest BCUT2D eigenvalue weighted by atomic mass is 16.5. The van der Waals surface area contributed by atoms with Crippen molar-refractivity contribution in [1.82, 2.24) is 33.9 Å². The predicted octanol–water partition coefficient (Wildman–Crippen LogP) is 2.02. The second-order valence-electron chi connectivity index (χ2n) is 8.17. The fraction of sp³-hybridized carbons (Fsp3) is 0.429. The molecule has 0 atom stereocenters. The van der Waals surface area contributed by atoms with E-state index < -0.39 is 0 Å². The lowest BCUT2D eigenvalue weighted by Crippen LogP contribution is -2.53. The van der Waals surface area contributed by atoms with Crippen LogP contribution < -0.4 is 5.32 Å². The van der Waals surface area contributed by atoms with Crippen molar-refractivity contribution in [3.05, 3.63) is 42.7 Å². The van der Waals surface area contributed by atoms with Crippen LogP contribution in [-0.2, 0) is 4.74 Å². The summed E-state index contributed by atoms with van der Waals surface area (Å²) in [5, 5.41) is 8.16. The number of imidazole rings is 1. The van der Waals surface area contributed by atoms with Gasteiger partial charge in [0.05, 0.1) is 31.1 Å². The Morgan fingerprint density at radius 3 is 2.77 bits per heavy atom. The second-order valence-corrected chi connectivity index (χ2v) is 8.17. The molecule has 1 N–H and O–H groups in total. The summed E-state index contributed by atoms with van der Waals surface area (Å²) in [6, 6.07) is 3.14. The number of aromatic nitrogens is 6. The van der Waals surface area contributed by atoms with Crippen molar-refractivity contribution in [3.63, 3.8) is 0 Å². The zero-order valence-electron chi connectivity index (χ0n) is 16.9. The lowest BCUT2D eigenvalue weighted by molar-refractivity contribution is -0.00443. The molecule has 0 aromatic carbocycles. The third kappa shape index (κ3) is 3.01. The predicted molar refractivity (Wildman–Crippen MR) is 113 cm³/mol. The van der Waals surface area contributed by atoms with Gasteiger partial charge < -0.3 is 10.1 Å². The zero-order valence-corrected chi connectivity index (χ0v) is 16.9. The van der Waals surface area contributed by atoms with E-state index in [9.17, 15) is 0 Å². The number of nitrogens with one attached hydrogen (secondary N) is 1. The largest absolute Gasteiger partial charge is 0.379 e. The molecule has 4 aromatic rings. The minimum atomic E-state index is 0.432. The van der Waals surface area contributed by atoms with Gasteiger partial charge in [-0.2, -0.15) is 0 Å². The second kappa shape index (κ2) is 7.03. The van der Waals surface area contributed by atoms with E-state index in [1.807, 2.05) is 40.6 Å². The van der Waals surface area contributed by atoms with Gasteiger partial charge in [0.25, 0.3) is 0 Å². The lowest BCUT2D eigenvalue weighted by atomic mass is 9.85. The highest BCUT2D eigenvalue weighted by Crippen LogP contribution is 2.29. The Bertz CT molecular complexity index is 1200. The molecule has 0 amide bonds. The monoisotopic (exact) mass is 404 g/mol. The molecule has 0 radical (unpaired) electrons. The topological polar surface area (TPSA) is 84.9 Å². The fourth-order valence-corrected chi connectivity index (χ4v) is 4.47. The van der Waals surface area contributed by atoms with Crippen LogP contribution in [0.5, 0.6) is 0 Å². The van der Waals surface area contributed by atoms with Crippen molar-refractivity contribution in [2.45, 2.75) is 31.8 Å². The summed E-state index contributed by atoms with van der Waals surface area (Å²) in [4.78, 5) is 15.9. The summed E-state index contributed by atoms with van der Waals surface area (Å²) in [5.41, 5.74) is 4.09. The number of aryl methyl sites for hydroxylation is 1. The standard InChI is InChI=1S/C21H24N8O/c1-14-10-23-21-24-11-15(13-28(14)21)18-2-3-29-19(18)12-22-20(26-29)25-16-8-17(9-16)27-4-6-30-7-5-27/h2-3,10-13,16-17H,4-9H2,1H3,(H,25,26)/t16-,17+. The number of hydrogen-bond acceptors (Lipinski definition) is 7. The van der Waals surface area contributed by atoms with Crippen LogP contribution in [0.15, 0.2) is 37.1 Å². The van der Waals surface area contributed by atoms with E-state index in [1.54, 1.807) is 0 Å². The normalized spacial score (nSPS) is 22.4. The van der Waals surface area contributed by atoms with Gasteiger partial charge in [-0.3, -0.25) is 9.30 Å². The van der Waals surface area contributed by atoms with Crippen LogP contribution in [0.25, 0.3) is 22.4 Å². The molecule has 1 aliphatic heterocycles. The van der Waals surface area contributed by atoms with Gasteiger partial charge in [0, 0.05) is 60.6 Å². The molecule has 9 nitrogen and oxygen atoms in total. The molecule has 6 rings (SSSR count). The summed E-state index contributed by atoms with van der Waals surface area (Å²) < 4.78 is 9.33. The third-order valence-electron chi connectivity index (χ3n) is 6.29. The van der Waals surface area contributed by atoms with E-state index in [0.717, 1.165) is 61.5 Å². The SMILES string of the molecule is Cc1cnc2ncc(-c3ccn4nc(N[C@H]5C[C@@H](N6CCOCC6)C5)ncc34)cn12. The highest BCUT2D eigenvalue weighted by molar-refractivity contribution is 5.79. The number of morpholine rings is 1. The molecule has 30 heavy (non-hydrogen) atoms. The Kier molecular flexibility index (Phi) is 4.17. The lowest BCUT2D eigenvalue weighted by Gasteiger charge is -2.44. The molecule has 0 unspecified atom stereocenters. The Hall–Kier alpha value is -3.04. The molecule has 0 bridgehead atoms. The van der Waals surface area contributed by atoms with Gasteiger partial charge in [0.2, 0.25) is 11.7 Å². The molecule has 9 heteroatoms. The molecule has 2 aliphatic rings. The van der Waals surface area contributed by atoms with Gasteiger partial charge in [-0.25, -0.2) is 19.5 Å². The van der Waals surface area contributed by atoms with Gasteiger partial charge in [-0.1, -0.05) is 0 Å². The first kappa shape index (κ1) is 17.8. The quantitative estimate of drug-likeness (QED) is 0.557. The number of nitrogens with zero attached hydrogens (tertiary/aromatic N) is 7. The average Bonchev–Trinajstić information content (AvgIpc) is 3.34. The van der Waals surface area contributed by atoms with E-state index in [-0.39, 0.29) is 0 Å². The Labute approximate surface area is 173 Å². The van der Waals surface area contributed by atoms with Gasteiger partial charge in [0.15, 0.2) is 0 Å². The first-order chi connectivity index (χ1) is 14.7. The van der Waals surface area contributed by atoms with Crippen LogP contribution >= 0.6 is 0 Å². The van der Waals surface area contributed by atoms with Gasteiger partial charge in [0.1, 0.15) is 0 Å². The van der Waals surface area contributed by atoms with Gasteiger partial charge in [-0.05, 0) is 25.8 Å². The highest BCUT2D eigenvalue weighted by Gasteiger charge is 2.34. The summed E-state index contributed by atoms with van der Waals surface area (Å²) >= 11 is 0. The Balaban J connectivity index is 1.19. The van der Waals surface area contributed by atoms with Crippen molar-refractivity contribution < 1.29 is 4.74 Å². The number of hydrogen-bond donors (Lipinski definition) is 1. The molecule has 1 saturated carbocycles. The van der Waals surface area contributed by atoms with Crippen LogP contribution in [0.3, 0.4) is 0 Å². The van der Waals surface area contributed by atoms with Crippen LogP contribution in [-0.4, -0.2) is 72.3 Å². The molecule has 5 heterocycles. The first-order valence-corrected chi connectivity index (χ1v) is 10.5. The fourth-order valence-electron chi connectivity index (χ4n) is 4.47. The molecule has 1 aliphatic carbocycles. The van der Waals surface area contributed by atoms with Crippen LogP contribution in [0.1, 0.15) is 18.5 Å². The number of rotatable bonds is 4. The minimum Gasteiger partial charge on any atom is -0.379 e.